The lowest BCUT2D eigenvalue weighted by Gasteiger charge is -1.98. The molecule has 1 aromatic heterocycles. The van der Waals surface area contributed by atoms with Crippen LogP contribution >= 0.6 is 0 Å². The minimum absolute atomic E-state index is 0.700. The average molecular weight is 198 g/mol. The monoisotopic (exact) mass is 198 g/mol. The van der Waals surface area contributed by atoms with E-state index in [-0.39, 0.29) is 0 Å². The molecule has 1 heterocycles. The maximum Gasteiger partial charge on any atom is 0.0702 e. The lowest BCUT2D eigenvalue weighted by Crippen LogP contribution is -1.94. The zero-order chi connectivity index (χ0) is 10.5. The van der Waals surface area contributed by atoms with E-state index in [0.29, 0.717) is 6.54 Å². The molecule has 2 rings (SSSR count). The number of rotatable bonds is 3. The van der Waals surface area contributed by atoms with E-state index in [0.717, 1.165) is 11.9 Å². The standard InChI is InChI=1S/C13H14N2/c14-8-2-1-4-11-6-7-13-12(10-11)5-3-9-15-13/h1,3-7,9-10H,2,8,14H2/b4-1+. The first-order chi connectivity index (χ1) is 7.40. The summed E-state index contributed by atoms with van der Waals surface area (Å²) in [7, 11) is 0. The largest absolute Gasteiger partial charge is 0.330 e. The molecule has 0 spiro atoms. The third-order valence-electron chi connectivity index (χ3n) is 2.27. The fraction of sp³-hybridized carbons (Fsp3) is 0.154. The number of hydrogen-bond donors (Lipinski definition) is 1. The molecular formula is C13H14N2. The summed E-state index contributed by atoms with van der Waals surface area (Å²) in [6.45, 7) is 0.700. The summed E-state index contributed by atoms with van der Waals surface area (Å²) in [4.78, 5) is 4.27. The number of pyridine rings is 1. The van der Waals surface area contributed by atoms with Gasteiger partial charge in [-0.3, -0.25) is 4.98 Å². The van der Waals surface area contributed by atoms with Gasteiger partial charge in [0, 0.05) is 11.6 Å². The van der Waals surface area contributed by atoms with E-state index in [1.807, 2.05) is 18.3 Å². The Morgan fingerprint density at radius 3 is 3.07 bits per heavy atom. The molecule has 2 nitrogen and oxygen atoms in total. The van der Waals surface area contributed by atoms with E-state index in [2.05, 4.69) is 35.3 Å². The van der Waals surface area contributed by atoms with E-state index in [1.54, 1.807) is 0 Å². The number of aromatic nitrogens is 1. The van der Waals surface area contributed by atoms with Gasteiger partial charge in [-0.05, 0) is 36.7 Å². The van der Waals surface area contributed by atoms with Crippen molar-refractivity contribution in [2.45, 2.75) is 6.42 Å². The van der Waals surface area contributed by atoms with Crippen LogP contribution < -0.4 is 5.73 Å². The van der Waals surface area contributed by atoms with Gasteiger partial charge in [0.05, 0.1) is 5.52 Å². The molecule has 0 bridgehead atoms. The van der Waals surface area contributed by atoms with Gasteiger partial charge in [-0.2, -0.15) is 0 Å². The van der Waals surface area contributed by atoms with Crippen LogP contribution in [0.25, 0.3) is 17.0 Å². The molecule has 76 valence electrons. The van der Waals surface area contributed by atoms with Crippen LogP contribution in [0.4, 0.5) is 0 Å². The lowest BCUT2D eigenvalue weighted by molar-refractivity contribution is 1.01. The Balaban J connectivity index is 2.30. The highest BCUT2D eigenvalue weighted by atomic mass is 14.6. The van der Waals surface area contributed by atoms with Gasteiger partial charge in [0.2, 0.25) is 0 Å². The molecule has 0 fully saturated rings. The molecule has 0 aliphatic carbocycles. The van der Waals surface area contributed by atoms with Crippen LogP contribution in [0.15, 0.2) is 42.6 Å². The predicted molar refractivity (Wildman–Crippen MR) is 64.4 cm³/mol. The molecule has 2 heteroatoms. The Labute approximate surface area is 89.4 Å². The van der Waals surface area contributed by atoms with Gasteiger partial charge >= 0.3 is 0 Å². The van der Waals surface area contributed by atoms with Crippen molar-refractivity contribution in [2.24, 2.45) is 5.73 Å². The van der Waals surface area contributed by atoms with Crippen molar-refractivity contribution in [1.29, 1.82) is 0 Å². The van der Waals surface area contributed by atoms with Gasteiger partial charge in [0.15, 0.2) is 0 Å². The normalized spacial score (nSPS) is 11.3. The first kappa shape index (κ1) is 9.87. The highest BCUT2D eigenvalue weighted by molar-refractivity contribution is 5.80. The zero-order valence-corrected chi connectivity index (χ0v) is 8.56. The van der Waals surface area contributed by atoms with E-state index in [1.165, 1.54) is 10.9 Å². The maximum absolute atomic E-state index is 5.42. The SMILES string of the molecule is NCC/C=C/c1ccc2ncccc2c1. The second-order valence-electron chi connectivity index (χ2n) is 3.44. The predicted octanol–water partition coefficient (Wildman–Crippen LogP) is 2.60. The van der Waals surface area contributed by atoms with Crippen LogP contribution in [0, 0.1) is 0 Å². The summed E-state index contributed by atoms with van der Waals surface area (Å²) in [6, 6.07) is 10.3. The van der Waals surface area contributed by atoms with E-state index >= 15 is 0 Å². The fourth-order valence-corrected chi connectivity index (χ4v) is 1.51. The summed E-state index contributed by atoms with van der Waals surface area (Å²) < 4.78 is 0. The topological polar surface area (TPSA) is 38.9 Å². The van der Waals surface area contributed by atoms with Crippen molar-refractivity contribution in [1.82, 2.24) is 4.98 Å². The van der Waals surface area contributed by atoms with Crippen LogP contribution in [0.1, 0.15) is 12.0 Å². The second kappa shape index (κ2) is 4.71. The molecular weight excluding hydrogens is 184 g/mol. The average Bonchev–Trinajstić information content (AvgIpc) is 2.29. The highest BCUT2D eigenvalue weighted by Crippen LogP contribution is 2.14. The molecule has 2 aromatic rings. The fourth-order valence-electron chi connectivity index (χ4n) is 1.51. The Morgan fingerprint density at radius 1 is 1.27 bits per heavy atom. The first-order valence-electron chi connectivity index (χ1n) is 5.11. The molecule has 0 aliphatic heterocycles. The van der Waals surface area contributed by atoms with Gasteiger partial charge < -0.3 is 5.73 Å². The Bertz CT molecular complexity index is 475. The number of nitrogens with zero attached hydrogens (tertiary/aromatic N) is 1. The Hall–Kier alpha value is -1.67. The van der Waals surface area contributed by atoms with Gasteiger partial charge in [-0.15, -0.1) is 0 Å². The molecule has 0 saturated heterocycles. The molecule has 0 atom stereocenters. The Morgan fingerprint density at radius 2 is 2.20 bits per heavy atom. The molecule has 0 amide bonds. The van der Waals surface area contributed by atoms with Gasteiger partial charge in [0.25, 0.3) is 0 Å². The number of fused-ring (bicyclic) bond motifs is 1. The molecule has 0 unspecified atom stereocenters. The molecule has 0 radical (unpaired) electrons. The van der Waals surface area contributed by atoms with Crippen molar-refractivity contribution >= 4 is 17.0 Å². The van der Waals surface area contributed by atoms with Crippen molar-refractivity contribution in [3.05, 3.63) is 48.2 Å². The lowest BCUT2D eigenvalue weighted by atomic mass is 10.1. The van der Waals surface area contributed by atoms with Gasteiger partial charge in [-0.25, -0.2) is 0 Å². The van der Waals surface area contributed by atoms with Crippen LogP contribution in [0.5, 0.6) is 0 Å². The van der Waals surface area contributed by atoms with Crippen LogP contribution in [0.2, 0.25) is 0 Å². The summed E-state index contributed by atoms with van der Waals surface area (Å²) in [5.74, 6) is 0. The van der Waals surface area contributed by atoms with Crippen LogP contribution in [-0.4, -0.2) is 11.5 Å². The highest BCUT2D eigenvalue weighted by Gasteiger charge is 1.93. The van der Waals surface area contributed by atoms with E-state index < -0.39 is 0 Å². The molecule has 2 N–H and O–H groups in total. The third-order valence-corrected chi connectivity index (χ3v) is 2.27. The van der Waals surface area contributed by atoms with E-state index in [4.69, 9.17) is 5.73 Å². The van der Waals surface area contributed by atoms with Gasteiger partial charge in [0.1, 0.15) is 0 Å². The summed E-state index contributed by atoms with van der Waals surface area (Å²) in [5.41, 5.74) is 7.66. The Kier molecular flexibility index (Phi) is 3.10. The number of nitrogens with two attached hydrogens (primary N) is 1. The van der Waals surface area contributed by atoms with Crippen molar-refractivity contribution in [2.75, 3.05) is 6.54 Å². The second-order valence-corrected chi connectivity index (χ2v) is 3.44. The molecule has 15 heavy (non-hydrogen) atoms. The van der Waals surface area contributed by atoms with Crippen LogP contribution in [-0.2, 0) is 0 Å². The van der Waals surface area contributed by atoms with Crippen molar-refractivity contribution in [3.63, 3.8) is 0 Å². The van der Waals surface area contributed by atoms with Crippen molar-refractivity contribution < 1.29 is 0 Å². The summed E-state index contributed by atoms with van der Waals surface area (Å²) >= 11 is 0. The number of benzene rings is 1. The van der Waals surface area contributed by atoms with Crippen molar-refractivity contribution in [3.8, 4) is 0 Å². The number of hydrogen-bond acceptors (Lipinski definition) is 2. The van der Waals surface area contributed by atoms with E-state index in [9.17, 15) is 0 Å². The smallest absolute Gasteiger partial charge is 0.0702 e. The molecule has 0 saturated carbocycles. The minimum atomic E-state index is 0.700. The first-order valence-corrected chi connectivity index (χ1v) is 5.11. The summed E-state index contributed by atoms with van der Waals surface area (Å²) in [6.07, 6.45) is 6.92. The quantitative estimate of drug-likeness (QED) is 0.823. The maximum atomic E-state index is 5.42. The minimum Gasteiger partial charge on any atom is -0.330 e. The summed E-state index contributed by atoms with van der Waals surface area (Å²) in [5, 5.41) is 1.17. The zero-order valence-electron chi connectivity index (χ0n) is 8.56. The molecule has 1 aromatic carbocycles. The van der Waals surface area contributed by atoms with Gasteiger partial charge in [-0.1, -0.05) is 24.3 Å². The molecule has 0 aliphatic rings. The van der Waals surface area contributed by atoms with Crippen LogP contribution in [0.3, 0.4) is 0 Å². The third kappa shape index (κ3) is 2.42.